The molecular weight excluding hydrogens is 398 g/mol. The SMILES string of the molecule is C.C.CC.CC.CC.CCc1ccccc1.Cc1cccc2ccccc12.c1ccncc1. The van der Waals surface area contributed by atoms with Crippen molar-refractivity contribution >= 4 is 10.8 Å². The van der Waals surface area contributed by atoms with Crippen molar-refractivity contribution < 1.29 is 0 Å². The van der Waals surface area contributed by atoms with Gasteiger partial charge >= 0.3 is 0 Å². The van der Waals surface area contributed by atoms with E-state index in [1.807, 2.05) is 65.8 Å². The predicted molar refractivity (Wildman–Crippen MR) is 156 cm³/mol. The molecule has 184 valence electrons. The molecule has 1 heterocycles. The molecule has 1 nitrogen and oxygen atoms in total. The number of hydrogen-bond donors (Lipinski definition) is 0. The van der Waals surface area contributed by atoms with Crippen LogP contribution in [-0.4, -0.2) is 4.98 Å². The van der Waals surface area contributed by atoms with Gasteiger partial charge in [0.25, 0.3) is 0 Å². The minimum atomic E-state index is 0. The van der Waals surface area contributed by atoms with Crippen molar-refractivity contribution in [2.24, 2.45) is 0 Å². The molecule has 1 aromatic heterocycles. The van der Waals surface area contributed by atoms with Gasteiger partial charge in [-0.25, -0.2) is 0 Å². The number of benzene rings is 3. The number of pyridine rings is 1. The van der Waals surface area contributed by atoms with Crippen molar-refractivity contribution in [3.63, 3.8) is 0 Å². The minimum absolute atomic E-state index is 0. The van der Waals surface area contributed by atoms with Crippen molar-refractivity contribution in [3.8, 4) is 0 Å². The fraction of sp³-hybridized carbons (Fsp3) is 0.344. The van der Waals surface area contributed by atoms with E-state index in [0.29, 0.717) is 0 Å². The van der Waals surface area contributed by atoms with Gasteiger partial charge in [0.1, 0.15) is 0 Å². The molecule has 4 rings (SSSR count). The summed E-state index contributed by atoms with van der Waals surface area (Å²) in [5, 5.41) is 2.68. The molecule has 0 unspecified atom stereocenters. The number of nitrogens with zero attached hydrogens (tertiary/aromatic N) is 1. The lowest BCUT2D eigenvalue weighted by molar-refractivity contribution is 1.14. The molecule has 0 atom stereocenters. The molecular formula is C32H51N. The van der Waals surface area contributed by atoms with E-state index in [1.54, 1.807) is 12.4 Å². The van der Waals surface area contributed by atoms with Gasteiger partial charge in [0.2, 0.25) is 0 Å². The summed E-state index contributed by atoms with van der Waals surface area (Å²) in [6.07, 6.45) is 4.64. The van der Waals surface area contributed by atoms with E-state index < -0.39 is 0 Å². The first-order chi connectivity index (χ1) is 15.3. The van der Waals surface area contributed by atoms with Gasteiger partial charge in [0.05, 0.1) is 0 Å². The summed E-state index contributed by atoms with van der Waals surface area (Å²) in [6.45, 7) is 16.3. The van der Waals surface area contributed by atoms with Gasteiger partial charge in [-0.3, -0.25) is 4.98 Å². The second-order valence-electron chi connectivity index (χ2n) is 5.66. The maximum Gasteiger partial charge on any atom is 0.0267 e. The summed E-state index contributed by atoms with van der Waals surface area (Å²) in [5.74, 6) is 0. The lowest BCUT2D eigenvalue weighted by Gasteiger charge is -1.98. The van der Waals surface area contributed by atoms with Crippen molar-refractivity contribution in [1.29, 1.82) is 0 Å². The molecule has 0 saturated heterocycles. The molecule has 0 amide bonds. The Hall–Kier alpha value is -2.93. The van der Waals surface area contributed by atoms with Crippen molar-refractivity contribution in [2.45, 2.75) is 76.7 Å². The van der Waals surface area contributed by atoms with Crippen LogP contribution in [0.1, 0.15) is 74.4 Å². The Morgan fingerprint density at radius 2 is 1.00 bits per heavy atom. The van der Waals surface area contributed by atoms with Gasteiger partial charge in [-0.15, -0.1) is 0 Å². The third-order valence-electron chi connectivity index (χ3n) is 3.83. The Morgan fingerprint density at radius 3 is 1.39 bits per heavy atom. The molecule has 0 spiro atoms. The van der Waals surface area contributed by atoms with Gasteiger partial charge in [0, 0.05) is 12.4 Å². The molecule has 0 aliphatic heterocycles. The second kappa shape index (κ2) is 29.1. The summed E-state index contributed by atoms with van der Waals surface area (Å²) in [6, 6.07) is 31.0. The summed E-state index contributed by atoms with van der Waals surface area (Å²) < 4.78 is 0. The van der Waals surface area contributed by atoms with Crippen molar-refractivity contribution in [2.75, 3.05) is 0 Å². The normalized spacial score (nSPS) is 7.64. The third kappa shape index (κ3) is 18.4. The molecule has 33 heavy (non-hydrogen) atoms. The van der Waals surface area contributed by atoms with Crippen LogP contribution >= 0.6 is 0 Å². The number of hydrogen-bond acceptors (Lipinski definition) is 1. The quantitative estimate of drug-likeness (QED) is 0.281. The first-order valence-electron chi connectivity index (χ1n) is 11.6. The molecule has 0 fully saturated rings. The Morgan fingerprint density at radius 1 is 0.545 bits per heavy atom. The van der Waals surface area contributed by atoms with Crippen molar-refractivity contribution in [1.82, 2.24) is 4.98 Å². The van der Waals surface area contributed by atoms with Gasteiger partial charge in [-0.2, -0.15) is 0 Å². The van der Waals surface area contributed by atoms with E-state index in [1.165, 1.54) is 21.9 Å². The third-order valence-corrected chi connectivity index (χ3v) is 3.83. The van der Waals surface area contributed by atoms with Gasteiger partial charge < -0.3 is 0 Å². The summed E-state index contributed by atoms with van der Waals surface area (Å²) >= 11 is 0. The van der Waals surface area contributed by atoms with E-state index >= 15 is 0 Å². The number of aryl methyl sites for hydroxylation is 2. The first-order valence-corrected chi connectivity index (χ1v) is 11.6. The average Bonchev–Trinajstić information content (AvgIpc) is 2.90. The largest absolute Gasteiger partial charge is 0.265 e. The maximum atomic E-state index is 3.78. The molecule has 0 bridgehead atoms. The standard InChI is InChI=1S/C11H10.C8H10.C5H5N.3C2H6.2CH4/c1-9-5-4-7-10-6-2-3-8-11(9)10;1-2-8-6-4-3-5-7-8;1-2-4-6-5-3-1;3*1-2;;/h2-8H,1H3;3-7H,2H2,1H3;1-5H;3*1-2H3;2*1H4. The highest BCUT2D eigenvalue weighted by Crippen LogP contribution is 2.16. The lowest BCUT2D eigenvalue weighted by atomic mass is 10.1. The highest BCUT2D eigenvalue weighted by molar-refractivity contribution is 5.85. The topological polar surface area (TPSA) is 12.9 Å². The van der Waals surface area contributed by atoms with E-state index in [0.717, 1.165) is 6.42 Å². The highest BCUT2D eigenvalue weighted by atomic mass is 14.6. The molecule has 0 saturated carbocycles. The average molecular weight is 450 g/mol. The van der Waals surface area contributed by atoms with Gasteiger partial charge in [-0.05, 0) is 47.4 Å². The molecule has 4 aromatic rings. The highest BCUT2D eigenvalue weighted by Gasteiger charge is 1.92. The zero-order valence-corrected chi connectivity index (χ0v) is 21.0. The molecule has 0 aliphatic carbocycles. The molecule has 1 heteroatoms. The minimum Gasteiger partial charge on any atom is -0.265 e. The fourth-order valence-electron chi connectivity index (χ4n) is 2.41. The Labute approximate surface area is 207 Å². The van der Waals surface area contributed by atoms with Gasteiger partial charge in [-0.1, -0.05) is 142 Å². The van der Waals surface area contributed by atoms with Crippen LogP contribution in [0.25, 0.3) is 10.8 Å². The smallest absolute Gasteiger partial charge is 0.0267 e. The number of fused-ring (bicyclic) bond motifs is 1. The molecule has 0 aliphatic rings. The van der Waals surface area contributed by atoms with E-state index in [2.05, 4.69) is 85.6 Å². The van der Waals surface area contributed by atoms with Crippen LogP contribution < -0.4 is 0 Å². The van der Waals surface area contributed by atoms with Crippen LogP contribution in [0.5, 0.6) is 0 Å². The Bertz CT molecular complexity index is 807. The maximum absolute atomic E-state index is 3.78. The monoisotopic (exact) mass is 449 g/mol. The summed E-state index contributed by atoms with van der Waals surface area (Å²) in [4.78, 5) is 3.78. The Balaban J connectivity index is -0.000000172. The van der Waals surface area contributed by atoms with E-state index in [9.17, 15) is 0 Å². The predicted octanol–water partition coefficient (Wildman–Crippen LogP) is 10.8. The number of rotatable bonds is 1. The van der Waals surface area contributed by atoms with Crippen molar-refractivity contribution in [3.05, 3.63) is 115 Å². The van der Waals surface area contributed by atoms with Crippen LogP contribution in [0, 0.1) is 6.92 Å². The zero-order valence-electron chi connectivity index (χ0n) is 21.0. The van der Waals surface area contributed by atoms with Crippen LogP contribution in [0.15, 0.2) is 103 Å². The molecule has 0 N–H and O–H groups in total. The lowest BCUT2D eigenvalue weighted by Crippen LogP contribution is -1.75. The fourth-order valence-corrected chi connectivity index (χ4v) is 2.41. The first kappa shape index (κ1) is 37.4. The van der Waals surface area contributed by atoms with Gasteiger partial charge in [0.15, 0.2) is 0 Å². The summed E-state index contributed by atoms with van der Waals surface area (Å²) in [5.41, 5.74) is 2.76. The molecule has 3 aromatic carbocycles. The number of aromatic nitrogens is 1. The zero-order chi connectivity index (χ0) is 23.7. The Kier molecular flexibility index (Phi) is 32.9. The second-order valence-corrected chi connectivity index (χ2v) is 5.66. The molecule has 0 radical (unpaired) electrons. The van der Waals surface area contributed by atoms with Crippen LogP contribution in [0.2, 0.25) is 0 Å². The van der Waals surface area contributed by atoms with E-state index in [-0.39, 0.29) is 14.9 Å². The van der Waals surface area contributed by atoms with Crippen LogP contribution in [-0.2, 0) is 6.42 Å². The van der Waals surface area contributed by atoms with Crippen LogP contribution in [0.4, 0.5) is 0 Å². The summed E-state index contributed by atoms with van der Waals surface area (Å²) in [7, 11) is 0. The van der Waals surface area contributed by atoms with E-state index in [4.69, 9.17) is 0 Å². The van der Waals surface area contributed by atoms with Crippen LogP contribution in [0.3, 0.4) is 0 Å².